The predicted molar refractivity (Wildman–Crippen MR) is 142 cm³/mol. The Bertz CT molecular complexity index is 908. The first-order valence-corrected chi connectivity index (χ1v) is 14.7. The molecule has 4 fully saturated rings. The fourth-order valence-corrected chi connectivity index (χ4v) is 9.77. The number of nitrogens with one attached hydrogen (secondary N) is 1. The van der Waals surface area contributed by atoms with Crippen LogP contribution in [-0.2, 0) is 16.1 Å². The van der Waals surface area contributed by atoms with Crippen molar-refractivity contribution in [3.8, 4) is 0 Å². The highest BCUT2D eigenvalue weighted by Gasteiger charge is 2.63. The second-order valence-electron chi connectivity index (χ2n) is 13.2. The highest BCUT2D eigenvalue weighted by molar-refractivity contribution is 5.69. The Labute approximate surface area is 218 Å². The fourth-order valence-electron chi connectivity index (χ4n) is 9.77. The summed E-state index contributed by atoms with van der Waals surface area (Å²) in [5.41, 5.74) is 1.46. The topological polar surface area (TPSA) is 71.5 Å². The molecule has 0 radical (unpaired) electrons. The third-order valence-corrected chi connectivity index (χ3v) is 11.9. The van der Waals surface area contributed by atoms with Gasteiger partial charge in [-0.25, -0.2) is 0 Å². The van der Waals surface area contributed by atoms with Gasteiger partial charge in [-0.15, -0.1) is 0 Å². The minimum Gasteiger partial charge on any atom is -0.469 e. The van der Waals surface area contributed by atoms with Gasteiger partial charge in [0.05, 0.1) is 18.9 Å². The molecule has 4 saturated carbocycles. The van der Waals surface area contributed by atoms with Crippen molar-refractivity contribution in [2.24, 2.45) is 46.3 Å². The number of rotatable bonds is 7. The Morgan fingerprint density at radius 1 is 1.17 bits per heavy atom. The van der Waals surface area contributed by atoms with E-state index < -0.39 is 0 Å². The first kappa shape index (κ1) is 26.2. The zero-order valence-corrected chi connectivity index (χ0v) is 22.9. The van der Waals surface area contributed by atoms with Crippen molar-refractivity contribution < 1.29 is 14.6 Å². The van der Waals surface area contributed by atoms with Gasteiger partial charge in [-0.2, -0.15) is 0 Å². The van der Waals surface area contributed by atoms with Crippen LogP contribution < -0.4 is 5.32 Å². The highest BCUT2D eigenvalue weighted by atomic mass is 16.5. The fraction of sp³-hybridized carbons (Fsp3) is 0.806. The molecule has 1 aromatic rings. The van der Waals surface area contributed by atoms with Gasteiger partial charge in [0.2, 0.25) is 0 Å². The van der Waals surface area contributed by atoms with Crippen LogP contribution in [0.1, 0.15) is 90.7 Å². The van der Waals surface area contributed by atoms with Crippen LogP contribution in [0.2, 0.25) is 0 Å². The monoisotopic (exact) mass is 496 g/mol. The number of fused-ring (bicyclic) bond motifs is 5. The molecule has 1 aromatic heterocycles. The van der Waals surface area contributed by atoms with E-state index in [1.807, 2.05) is 12.3 Å². The lowest BCUT2D eigenvalue weighted by atomic mass is 9.43. The standard InChI is InChI=1S/C31H48N2O3/c1-20(8-13-29(35)36-4)25-11-12-26-24-10-9-21-17-22(33-19-23-7-5-6-16-32-23)14-15-30(21,2)27(24)18-28(34)31(25,26)3/h5-7,16,20-22,24-28,33-34H,8-15,17-19H2,1-4H3/t20-,21-,22?,24?,25-,26?,27?,28+,30+,31-/m1/s1. The van der Waals surface area contributed by atoms with E-state index in [1.54, 1.807) is 0 Å². The summed E-state index contributed by atoms with van der Waals surface area (Å²) in [5.74, 6) is 3.59. The molecule has 0 amide bonds. The van der Waals surface area contributed by atoms with Crippen LogP contribution in [-0.4, -0.2) is 35.3 Å². The van der Waals surface area contributed by atoms with Crippen molar-refractivity contribution in [1.29, 1.82) is 0 Å². The molecule has 4 aliphatic rings. The Morgan fingerprint density at radius 3 is 2.75 bits per heavy atom. The van der Waals surface area contributed by atoms with Crippen molar-refractivity contribution in [2.75, 3.05) is 7.11 Å². The van der Waals surface area contributed by atoms with Crippen LogP contribution in [0.5, 0.6) is 0 Å². The van der Waals surface area contributed by atoms with E-state index in [-0.39, 0.29) is 17.5 Å². The second kappa shape index (κ2) is 10.4. The molecular formula is C31H48N2O3. The lowest BCUT2D eigenvalue weighted by Crippen LogP contribution is -2.59. The third kappa shape index (κ3) is 4.53. The summed E-state index contributed by atoms with van der Waals surface area (Å²) in [6.07, 6.45) is 12.9. The van der Waals surface area contributed by atoms with E-state index >= 15 is 0 Å². The first-order valence-electron chi connectivity index (χ1n) is 14.7. The lowest BCUT2D eigenvalue weighted by Gasteiger charge is -2.62. The van der Waals surface area contributed by atoms with E-state index in [4.69, 9.17) is 4.74 Å². The number of hydrogen-bond acceptors (Lipinski definition) is 5. The van der Waals surface area contributed by atoms with Gasteiger partial charge in [-0.1, -0.05) is 26.8 Å². The van der Waals surface area contributed by atoms with Gasteiger partial charge in [0, 0.05) is 25.2 Å². The van der Waals surface area contributed by atoms with E-state index in [1.165, 1.54) is 52.1 Å². The number of aliphatic hydroxyl groups excluding tert-OH is 1. The number of aliphatic hydroxyl groups is 1. The first-order chi connectivity index (χ1) is 17.3. The van der Waals surface area contributed by atoms with Crippen LogP contribution in [0.15, 0.2) is 24.4 Å². The molecule has 0 saturated heterocycles. The quantitative estimate of drug-likeness (QED) is 0.470. The third-order valence-electron chi connectivity index (χ3n) is 11.9. The van der Waals surface area contributed by atoms with Crippen LogP contribution in [0.3, 0.4) is 0 Å². The smallest absolute Gasteiger partial charge is 0.305 e. The summed E-state index contributed by atoms with van der Waals surface area (Å²) in [6, 6.07) is 6.73. The summed E-state index contributed by atoms with van der Waals surface area (Å²) < 4.78 is 4.90. The van der Waals surface area contributed by atoms with Crippen molar-refractivity contribution in [2.45, 2.75) is 104 Å². The van der Waals surface area contributed by atoms with Gasteiger partial charge in [0.15, 0.2) is 0 Å². The summed E-state index contributed by atoms with van der Waals surface area (Å²) in [4.78, 5) is 16.3. The maximum atomic E-state index is 11.8. The maximum Gasteiger partial charge on any atom is 0.305 e. The molecule has 5 nitrogen and oxygen atoms in total. The average molecular weight is 497 g/mol. The molecule has 36 heavy (non-hydrogen) atoms. The Kier molecular flexibility index (Phi) is 7.53. The molecule has 0 aromatic carbocycles. The van der Waals surface area contributed by atoms with Gasteiger partial charge >= 0.3 is 5.97 Å². The molecule has 1 heterocycles. The molecular weight excluding hydrogens is 448 g/mol. The summed E-state index contributed by atoms with van der Waals surface area (Å²) in [5, 5.41) is 15.6. The number of esters is 1. The molecule has 0 aliphatic heterocycles. The summed E-state index contributed by atoms with van der Waals surface area (Å²) >= 11 is 0. The number of carbonyl (C=O) groups excluding carboxylic acids is 1. The van der Waals surface area contributed by atoms with E-state index in [9.17, 15) is 9.90 Å². The van der Waals surface area contributed by atoms with Crippen molar-refractivity contribution in [3.05, 3.63) is 30.1 Å². The van der Waals surface area contributed by atoms with Crippen LogP contribution in [0, 0.1) is 46.3 Å². The van der Waals surface area contributed by atoms with Crippen molar-refractivity contribution in [1.82, 2.24) is 10.3 Å². The Morgan fingerprint density at radius 2 is 2.00 bits per heavy atom. The molecule has 200 valence electrons. The van der Waals surface area contributed by atoms with Crippen LogP contribution >= 0.6 is 0 Å². The van der Waals surface area contributed by atoms with E-state index in [0.29, 0.717) is 41.5 Å². The molecule has 4 aliphatic carbocycles. The van der Waals surface area contributed by atoms with Gasteiger partial charge in [0.1, 0.15) is 0 Å². The zero-order valence-electron chi connectivity index (χ0n) is 22.9. The number of aromatic nitrogens is 1. The maximum absolute atomic E-state index is 11.8. The molecule has 0 bridgehead atoms. The van der Waals surface area contributed by atoms with Crippen LogP contribution in [0.25, 0.3) is 0 Å². The average Bonchev–Trinajstić information content (AvgIpc) is 3.25. The van der Waals surface area contributed by atoms with Crippen molar-refractivity contribution >= 4 is 5.97 Å². The summed E-state index contributed by atoms with van der Waals surface area (Å²) in [6.45, 7) is 8.13. The minimum atomic E-state index is -0.229. The SMILES string of the molecule is COC(=O)CC[C@@H](C)[C@H]1CCC2C3CC[C@@H]4CC(NCc5ccccn5)CC[C@]4(C)C3C[C@H](O)[C@@]21C. The van der Waals surface area contributed by atoms with Gasteiger partial charge in [-0.05, 0) is 116 Å². The van der Waals surface area contributed by atoms with E-state index in [2.05, 4.69) is 43.2 Å². The minimum absolute atomic E-state index is 0.0126. The molecule has 5 heteroatoms. The molecule has 5 rings (SSSR count). The number of carbonyl (C=O) groups is 1. The van der Waals surface area contributed by atoms with Crippen LogP contribution in [0.4, 0.5) is 0 Å². The zero-order chi connectivity index (χ0) is 25.5. The van der Waals surface area contributed by atoms with E-state index in [0.717, 1.165) is 36.9 Å². The normalized spacial score (nSPS) is 42.6. The summed E-state index contributed by atoms with van der Waals surface area (Å²) in [7, 11) is 1.48. The number of nitrogens with zero attached hydrogens (tertiary/aromatic N) is 1. The number of pyridine rings is 1. The van der Waals surface area contributed by atoms with Crippen molar-refractivity contribution in [3.63, 3.8) is 0 Å². The number of hydrogen-bond donors (Lipinski definition) is 2. The largest absolute Gasteiger partial charge is 0.469 e. The molecule has 10 atom stereocenters. The highest BCUT2D eigenvalue weighted by Crippen LogP contribution is 2.68. The predicted octanol–water partition coefficient (Wildman–Crippen LogP) is 5.76. The second-order valence-corrected chi connectivity index (χ2v) is 13.2. The number of methoxy groups -OCH3 is 1. The molecule has 4 unspecified atom stereocenters. The lowest BCUT2D eigenvalue weighted by molar-refractivity contribution is -0.170. The van der Waals surface area contributed by atoms with Gasteiger partial charge in [0.25, 0.3) is 0 Å². The number of ether oxygens (including phenoxy) is 1. The van der Waals surface area contributed by atoms with Gasteiger partial charge < -0.3 is 15.2 Å². The Balaban J connectivity index is 1.25. The van der Waals surface area contributed by atoms with Gasteiger partial charge in [-0.3, -0.25) is 9.78 Å². The molecule has 0 spiro atoms. The Hall–Kier alpha value is -1.46. The molecule has 2 N–H and O–H groups in total.